The number of hydrogen-bond donors (Lipinski definition) is 1. The number of carbonyl (C=O) groups is 1. The average Bonchev–Trinajstić information content (AvgIpc) is 3.18. The van der Waals surface area contributed by atoms with Crippen LogP contribution in [0.5, 0.6) is 0 Å². The minimum absolute atomic E-state index is 0.208. The average molecular weight is 389 g/mol. The van der Waals surface area contributed by atoms with Crippen LogP contribution in [0.3, 0.4) is 0 Å². The van der Waals surface area contributed by atoms with Crippen LogP contribution >= 0.6 is 35.0 Å². The van der Waals surface area contributed by atoms with Gasteiger partial charge in [0.15, 0.2) is 5.17 Å². The number of halogens is 2. The molecule has 0 atom stereocenters. The van der Waals surface area contributed by atoms with Crippen molar-refractivity contribution in [3.05, 3.63) is 69.3 Å². The SMILES string of the molecule is O=C1NC(=Nc2c(Cl)cccc2Cl)S/C1=C/c1ccn2nccc2c1. The van der Waals surface area contributed by atoms with Crippen LogP contribution in [0.15, 0.2) is 58.7 Å². The molecule has 8 heteroatoms. The van der Waals surface area contributed by atoms with Crippen molar-refractivity contribution in [3.63, 3.8) is 0 Å². The number of thioether (sulfide) groups is 1. The molecule has 1 aromatic carbocycles. The van der Waals surface area contributed by atoms with Crippen LogP contribution in [-0.2, 0) is 4.79 Å². The van der Waals surface area contributed by atoms with Gasteiger partial charge in [0.2, 0.25) is 0 Å². The van der Waals surface area contributed by atoms with Crippen LogP contribution in [0.1, 0.15) is 5.56 Å². The van der Waals surface area contributed by atoms with Crippen LogP contribution in [0.4, 0.5) is 5.69 Å². The molecule has 3 aromatic rings. The molecule has 1 aliphatic heterocycles. The smallest absolute Gasteiger partial charge is 0.264 e. The van der Waals surface area contributed by atoms with Crippen molar-refractivity contribution in [1.82, 2.24) is 14.9 Å². The van der Waals surface area contributed by atoms with Gasteiger partial charge in [0.25, 0.3) is 5.91 Å². The van der Waals surface area contributed by atoms with Gasteiger partial charge in [-0.3, -0.25) is 4.79 Å². The maximum atomic E-state index is 12.2. The quantitative estimate of drug-likeness (QED) is 0.655. The van der Waals surface area contributed by atoms with Crippen LogP contribution in [0.25, 0.3) is 11.6 Å². The van der Waals surface area contributed by atoms with E-state index in [-0.39, 0.29) is 5.91 Å². The Hall–Kier alpha value is -2.28. The number of nitrogens with one attached hydrogen (secondary N) is 1. The highest BCUT2D eigenvalue weighted by atomic mass is 35.5. The van der Waals surface area contributed by atoms with Crippen molar-refractivity contribution in [2.24, 2.45) is 4.99 Å². The maximum absolute atomic E-state index is 12.2. The number of fused-ring (bicyclic) bond motifs is 1. The molecule has 1 amide bonds. The summed E-state index contributed by atoms with van der Waals surface area (Å²) in [6.07, 6.45) is 5.38. The van der Waals surface area contributed by atoms with Crippen LogP contribution < -0.4 is 5.32 Å². The molecule has 1 N–H and O–H groups in total. The van der Waals surface area contributed by atoms with Gasteiger partial charge >= 0.3 is 0 Å². The Morgan fingerprint density at radius 1 is 1.20 bits per heavy atom. The Bertz CT molecular complexity index is 1040. The summed E-state index contributed by atoms with van der Waals surface area (Å²) in [4.78, 5) is 17.1. The number of amidine groups is 1. The van der Waals surface area contributed by atoms with Gasteiger partial charge in [-0.05, 0) is 53.7 Å². The molecule has 0 aliphatic carbocycles. The molecule has 3 heterocycles. The molecular weight excluding hydrogens is 379 g/mol. The Balaban J connectivity index is 1.64. The van der Waals surface area contributed by atoms with Crippen LogP contribution in [-0.4, -0.2) is 20.7 Å². The third-order valence-corrected chi connectivity index (χ3v) is 5.04. The van der Waals surface area contributed by atoms with Crippen molar-refractivity contribution >= 4 is 63.3 Å². The molecule has 0 saturated carbocycles. The third-order valence-electron chi connectivity index (χ3n) is 3.52. The van der Waals surface area contributed by atoms with Crippen molar-refractivity contribution in [3.8, 4) is 0 Å². The Morgan fingerprint density at radius 2 is 2.00 bits per heavy atom. The highest BCUT2D eigenvalue weighted by Crippen LogP contribution is 2.35. The number of aliphatic imine (C=N–C) groups is 1. The van der Waals surface area contributed by atoms with E-state index in [0.29, 0.717) is 25.8 Å². The van der Waals surface area contributed by atoms with Crippen molar-refractivity contribution in [2.45, 2.75) is 0 Å². The van der Waals surface area contributed by atoms with E-state index in [1.165, 1.54) is 11.8 Å². The standard InChI is InChI=1S/C17H10Cl2N4OS/c18-12-2-1-3-13(19)15(12)21-17-22-16(24)14(25-17)9-10-5-7-23-11(8-10)4-6-20-23/h1-9H,(H,21,22,24)/b14-9+. The van der Waals surface area contributed by atoms with E-state index >= 15 is 0 Å². The molecule has 0 unspecified atom stereocenters. The molecule has 0 radical (unpaired) electrons. The molecule has 5 nitrogen and oxygen atoms in total. The summed E-state index contributed by atoms with van der Waals surface area (Å²) in [6, 6.07) is 10.9. The summed E-state index contributed by atoms with van der Waals surface area (Å²) in [6.45, 7) is 0. The number of aromatic nitrogens is 2. The number of carbonyl (C=O) groups excluding carboxylic acids is 1. The molecule has 0 bridgehead atoms. The summed E-state index contributed by atoms with van der Waals surface area (Å²) < 4.78 is 1.76. The van der Waals surface area contributed by atoms with E-state index in [0.717, 1.165) is 11.1 Å². The summed E-state index contributed by atoms with van der Waals surface area (Å²) in [7, 11) is 0. The molecule has 25 heavy (non-hydrogen) atoms. The van der Waals surface area contributed by atoms with Crippen molar-refractivity contribution in [1.29, 1.82) is 0 Å². The second-order valence-electron chi connectivity index (χ2n) is 5.21. The van der Waals surface area contributed by atoms with Crippen molar-refractivity contribution < 1.29 is 4.79 Å². The summed E-state index contributed by atoms with van der Waals surface area (Å²) >= 11 is 13.5. The minimum atomic E-state index is -0.208. The second kappa shape index (κ2) is 6.55. The van der Waals surface area contributed by atoms with Gasteiger partial charge in [0.1, 0.15) is 5.69 Å². The first-order valence-corrected chi connectivity index (χ1v) is 8.84. The molecule has 1 fully saturated rings. The fraction of sp³-hybridized carbons (Fsp3) is 0. The molecule has 124 valence electrons. The van der Waals surface area contributed by atoms with Gasteiger partial charge in [-0.1, -0.05) is 29.3 Å². The van der Waals surface area contributed by atoms with Gasteiger partial charge in [0, 0.05) is 12.4 Å². The number of pyridine rings is 1. The fourth-order valence-corrected chi connectivity index (χ4v) is 3.67. The zero-order chi connectivity index (χ0) is 17.4. The number of benzene rings is 1. The maximum Gasteiger partial charge on any atom is 0.264 e. The van der Waals surface area contributed by atoms with Crippen LogP contribution in [0.2, 0.25) is 10.0 Å². The lowest BCUT2D eigenvalue weighted by molar-refractivity contribution is -0.115. The fourth-order valence-electron chi connectivity index (χ4n) is 2.36. The van der Waals surface area contributed by atoms with E-state index in [2.05, 4.69) is 15.4 Å². The normalized spacial score (nSPS) is 17.6. The summed E-state index contributed by atoms with van der Waals surface area (Å²) in [5.41, 5.74) is 2.30. The van der Waals surface area contributed by atoms with E-state index in [1.807, 2.05) is 30.5 Å². The summed E-state index contributed by atoms with van der Waals surface area (Å²) in [5, 5.41) is 8.18. The van der Waals surface area contributed by atoms with E-state index < -0.39 is 0 Å². The highest BCUT2D eigenvalue weighted by molar-refractivity contribution is 8.18. The zero-order valence-corrected chi connectivity index (χ0v) is 14.9. The Labute approximate surface area is 157 Å². The molecule has 4 rings (SSSR count). The highest BCUT2D eigenvalue weighted by Gasteiger charge is 2.24. The third kappa shape index (κ3) is 3.28. The lowest BCUT2D eigenvalue weighted by atomic mass is 10.2. The second-order valence-corrected chi connectivity index (χ2v) is 7.06. The van der Waals surface area contributed by atoms with Crippen LogP contribution in [0, 0.1) is 0 Å². The van der Waals surface area contributed by atoms with E-state index in [9.17, 15) is 4.79 Å². The largest absolute Gasteiger partial charge is 0.300 e. The number of rotatable bonds is 2. The minimum Gasteiger partial charge on any atom is -0.300 e. The number of hydrogen-bond acceptors (Lipinski definition) is 4. The van der Waals surface area contributed by atoms with Gasteiger partial charge in [-0.2, -0.15) is 5.10 Å². The first-order chi connectivity index (χ1) is 12.1. The van der Waals surface area contributed by atoms with Gasteiger partial charge in [-0.15, -0.1) is 0 Å². The predicted octanol–water partition coefficient (Wildman–Crippen LogP) is 4.53. The lowest BCUT2D eigenvalue weighted by Gasteiger charge is -2.01. The zero-order valence-electron chi connectivity index (χ0n) is 12.6. The number of amides is 1. The van der Waals surface area contributed by atoms with Gasteiger partial charge in [0.05, 0.1) is 20.5 Å². The molecular formula is C17H10Cl2N4OS. The molecule has 2 aromatic heterocycles. The topological polar surface area (TPSA) is 58.8 Å². The molecule has 1 saturated heterocycles. The number of nitrogens with zero attached hydrogens (tertiary/aromatic N) is 3. The van der Waals surface area contributed by atoms with E-state index in [4.69, 9.17) is 23.2 Å². The Morgan fingerprint density at radius 3 is 2.80 bits per heavy atom. The number of para-hydroxylation sites is 1. The van der Waals surface area contributed by atoms with Crippen molar-refractivity contribution in [2.75, 3.05) is 0 Å². The molecule has 0 spiro atoms. The lowest BCUT2D eigenvalue weighted by Crippen LogP contribution is -2.19. The monoisotopic (exact) mass is 388 g/mol. The van der Waals surface area contributed by atoms with Gasteiger partial charge < -0.3 is 5.32 Å². The molecule has 1 aliphatic rings. The first kappa shape index (κ1) is 16.2. The first-order valence-electron chi connectivity index (χ1n) is 7.27. The van der Waals surface area contributed by atoms with E-state index in [1.54, 1.807) is 28.9 Å². The predicted molar refractivity (Wildman–Crippen MR) is 102 cm³/mol. The van der Waals surface area contributed by atoms with Gasteiger partial charge in [-0.25, -0.2) is 9.51 Å². The summed E-state index contributed by atoms with van der Waals surface area (Å²) in [5.74, 6) is -0.208. The Kier molecular flexibility index (Phi) is 4.25.